The summed E-state index contributed by atoms with van der Waals surface area (Å²) in [5.41, 5.74) is 5.03. The molecule has 0 saturated carbocycles. The molecule has 4 amide bonds. The maximum Gasteiger partial charge on any atom is 0.416 e. The molecule has 61 heavy (non-hydrogen) atoms. The number of aryl methyl sites for hydroxylation is 2. The van der Waals surface area contributed by atoms with E-state index >= 15 is 0 Å². The van der Waals surface area contributed by atoms with Crippen molar-refractivity contribution >= 4 is 35.4 Å². The van der Waals surface area contributed by atoms with E-state index in [0.29, 0.717) is 50.0 Å². The van der Waals surface area contributed by atoms with Gasteiger partial charge in [-0.3, -0.25) is 9.59 Å². The molecule has 15 nitrogen and oxygen atoms in total. The van der Waals surface area contributed by atoms with Gasteiger partial charge in [0.25, 0.3) is 11.8 Å². The van der Waals surface area contributed by atoms with E-state index in [4.69, 9.17) is 23.7 Å². The summed E-state index contributed by atoms with van der Waals surface area (Å²) >= 11 is 0. The minimum atomic E-state index is -1.41. The van der Waals surface area contributed by atoms with E-state index in [1.807, 2.05) is 52.0 Å². The predicted octanol–water partition coefficient (Wildman–Crippen LogP) is 7.11. The van der Waals surface area contributed by atoms with Crippen LogP contribution in [0.25, 0.3) is 0 Å². The highest BCUT2D eigenvalue weighted by Gasteiger charge is 2.46. The molecular formula is C46H52N4O11. The molecule has 322 valence electrons. The van der Waals surface area contributed by atoms with Gasteiger partial charge in [0.05, 0.1) is 54.9 Å². The zero-order chi connectivity index (χ0) is 43.5. The van der Waals surface area contributed by atoms with Crippen molar-refractivity contribution < 1.29 is 53.1 Å². The highest BCUT2D eigenvalue weighted by molar-refractivity contribution is 6.07. The summed E-state index contributed by atoms with van der Waals surface area (Å²) in [5, 5.41) is 23.1. The number of carbonyl (C=O) groups excluding carboxylic acids is 4. The van der Waals surface area contributed by atoms with Crippen molar-refractivity contribution in [2.24, 2.45) is 0 Å². The summed E-state index contributed by atoms with van der Waals surface area (Å²) in [5.74, 6) is 0.284. The predicted molar refractivity (Wildman–Crippen MR) is 226 cm³/mol. The first-order valence-electron chi connectivity index (χ1n) is 20.4. The zero-order valence-electron chi connectivity index (χ0n) is 35.1. The lowest BCUT2D eigenvalue weighted by molar-refractivity contribution is 0.0544. The number of aliphatic hydroxyl groups is 2. The second kappa shape index (κ2) is 18.1. The number of amides is 4. The molecule has 0 bridgehead atoms. The van der Waals surface area contributed by atoms with Gasteiger partial charge < -0.3 is 43.7 Å². The number of methoxy groups -OCH3 is 1. The fraction of sp³-hybridized carbons (Fsp3) is 0.391. The first kappa shape index (κ1) is 42.8. The Morgan fingerprint density at radius 1 is 0.721 bits per heavy atom. The van der Waals surface area contributed by atoms with Crippen LogP contribution in [0.3, 0.4) is 0 Å². The van der Waals surface area contributed by atoms with E-state index in [9.17, 15) is 29.4 Å². The summed E-state index contributed by atoms with van der Waals surface area (Å²) in [7, 11) is 1.46. The number of unbranched alkanes of at least 4 members (excludes halogenated alkanes) is 2. The van der Waals surface area contributed by atoms with Gasteiger partial charge >= 0.3 is 12.2 Å². The molecule has 15 heteroatoms. The number of benzene rings is 3. The molecule has 0 aliphatic carbocycles. The third kappa shape index (κ3) is 8.66. The van der Waals surface area contributed by atoms with E-state index in [-0.39, 0.29) is 59.7 Å². The Hall–Kier alpha value is -6.32. The molecule has 4 aliphatic rings. The highest BCUT2D eigenvalue weighted by atomic mass is 16.6. The third-order valence-electron chi connectivity index (χ3n) is 11.2. The van der Waals surface area contributed by atoms with Gasteiger partial charge in [0.2, 0.25) is 0 Å². The Morgan fingerprint density at radius 3 is 1.80 bits per heavy atom. The van der Waals surface area contributed by atoms with Crippen molar-refractivity contribution in [2.75, 3.05) is 36.7 Å². The number of aliphatic hydroxyl groups excluding tert-OH is 2. The summed E-state index contributed by atoms with van der Waals surface area (Å²) in [6.07, 6.45) is 3.12. The van der Waals surface area contributed by atoms with Crippen molar-refractivity contribution in [1.29, 1.82) is 0 Å². The number of carbonyl (C=O) groups is 4. The van der Waals surface area contributed by atoms with Crippen molar-refractivity contribution in [3.05, 3.63) is 113 Å². The van der Waals surface area contributed by atoms with Gasteiger partial charge in [0.1, 0.15) is 19.0 Å². The lowest BCUT2D eigenvalue weighted by Crippen LogP contribution is -2.50. The number of hydrogen-bond donors (Lipinski definition) is 2. The molecule has 0 radical (unpaired) electrons. The van der Waals surface area contributed by atoms with E-state index in [1.165, 1.54) is 35.1 Å². The van der Waals surface area contributed by atoms with E-state index in [1.54, 1.807) is 24.5 Å². The summed E-state index contributed by atoms with van der Waals surface area (Å²) in [4.78, 5) is 59.9. The molecule has 4 atom stereocenters. The second-order valence-electron chi connectivity index (χ2n) is 15.8. The van der Waals surface area contributed by atoms with Crippen molar-refractivity contribution in [1.82, 2.24) is 9.80 Å². The largest absolute Gasteiger partial charge is 0.493 e. The van der Waals surface area contributed by atoms with Crippen LogP contribution in [0.2, 0.25) is 0 Å². The topological polar surface area (TPSA) is 168 Å². The molecule has 0 fully saturated rings. The van der Waals surface area contributed by atoms with Crippen LogP contribution in [-0.2, 0) is 16.1 Å². The van der Waals surface area contributed by atoms with Crippen LogP contribution < -0.4 is 24.0 Å². The molecule has 4 heterocycles. The second-order valence-corrected chi connectivity index (χ2v) is 15.8. The third-order valence-corrected chi connectivity index (χ3v) is 11.2. The van der Waals surface area contributed by atoms with Gasteiger partial charge in [-0.15, -0.1) is 0 Å². The number of anilines is 2. The summed E-state index contributed by atoms with van der Waals surface area (Å²) in [6.45, 7) is 11.6. The average molecular weight is 837 g/mol. The van der Waals surface area contributed by atoms with Crippen molar-refractivity contribution in [3.8, 4) is 17.2 Å². The van der Waals surface area contributed by atoms with Gasteiger partial charge in [-0.2, -0.15) is 0 Å². The Morgan fingerprint density at radius 2 is 1.25 bits per heavy atom. The smallest absolute Gasteiger partial charge is 0.416 e. The standard InChI is InChI=1S/C46H52N4O11/c1-7-15-60-45(55)49-34-22-38(30(5)20-32(34)41(51)47-24-28(3)18-36(47)43(49)53)58-16-9-8-10-17-59-40-23-35-33(21-39(40)57-6)42(52)48-25-29(4)19-37(48)44(54)50(35)46(56)61-26-31-13-11-27(2)12-14-31/h7,11-14,20-25,36-37,43-44,53-54H,1,8-10,15-19,26H2,2-6H3/t36-,37-,43-,44-/m0/s1. The number of fused-ring (bicyclic) bond motifs is 4. The fourth-order valence-electron chi connectivity index (χ4n) is 8.10. The molecule has 7 rings (SSSR count). The zero-order valence-corrected chi connectivity index (χ0v) is 35.1. The molecule has 0 aromatic heterocycles. The Bertz CT molecular complexity index is 2270. The van der Waals surface area contributed by atoms with Crippen LogP contribution >= 0.6 is 0 Å². The Labute approximate surface area is 355 Å². The van der Waals surface area contributed by atoms with E-state index < -0.39 is 42.6 Å². The van der Waals surface area contributed by atoms with E-state index in [2.05, 4.69) is 6.58 Å². The quantitative estimate of drug-likeness (QED) is 0.133. The van der Waals surface area contributed by atoms with Crippen LogP contribution in [0.1, 0.15) is 83.4 Å². The van der Waals surface area contributed by atoms with Crippen LogP contribution in [0.4, 0.5) is 21.0 Å². The number of rotatable bonds is 13. The van der Waals surface area contributed by atoms with Crippen LogP contribution in [0, 0.1) is 13.8 Å². The number of ether oxygens (including phenoxy) is 5. The minimum absolute atomic E-state index is 0.0325. The molecule has 2 N–H and O–H groups in total. The molecule has 4 aliphatic heterocycles. The van der Waals surface area contributed by atoms with Crippen LogP contribution in [0.15, 0.2) is 84.7 Å². The first-order chi connectivity index (χ1) is 29.3. The van der Waals surface area contributed by atoms with E-state index in [0.717, 1.165) is 32.1 Å². The number of nitrogens with zero attached hydrogens (tertiary/aromatic N) is 4. The van der Waals surface area contributed by atoms with Gasteiger partial charge in [0.15, 0.2) is 24.0 Å². The van der Waals surface area contributed by atoms with Gasteiger partial charge in [0, 0.05) is 24.5 Å². The highest BCUT2D eigenvalue weighted by Crippen LogP contribution is 2.43. The van der Waals surface area contributed by atoms with Crippen LogP contribution in [-0.4, -0.2) is 95.5 Å². The molecule has 0 saturated heterocycles. The van der Waals surface area contributed by atoms with Gasteiger partial charge in [-0.1, -0.05) is 53.6 Å². The number of hydrogen-bond acceptors (Lipinski definition) is 11. The molecular weight excluding hydrogens is 785 g/mol. The molecule has 3 aromatic carbocycles. The first-order valence-corrected chi connectivity index (χ1v) is 20.4. The maximum absolute atomic E-state index is 13.9. The summed E-state index contributed by atoms with van der Waals surface area (Å²) in [6, 6.07) is 12.5. The SMILES string of the molecule is C=CCOC(=O)N1c2cc(OCCCCCOc3cc4c(cc3OC)C(=O)N3C=C(C)C[C@H]3[C@H](O)N4C(=O)OCc3ccc(C)cc3)c(C)cc2C(=O)N2C=C(C)C[C@H]2[C@@H]1O. The Balaban J connectivity index is 1.02. The van der Waals surface area contributed by atoms with Gasteiger partial charge in [-0.25, -0.2) is 19.4 Å². The molecule has 0 unspecified atom stereocenters. The maximum atomic E-state index is 13.9. The normalized spacial score (nSPS) is 20.4. The Kier molecular flexibility index (Phi) is 12.7. The minimum Gasteiger partial charge on any atom is -0.493 e. The monoisotopic (exact) mass is 836 g/mol. The van der Waals surface area contributed by atoms with Crippen LogP contribution in [0.5, 0.6) is 17.2 Å². The van der Waals surface area contributed by atoms with Crippen molar-refractivity contribution in [2.45, 2.75) is 90.9 Å². The molecule has 0 spiro atoms. The van der Waals surface area contributed by atoms with Crippen molar-refractivity contribution in [3.63, 3.8) is 0 Å². The molecule has 3 aromatic rings. The fourth-order valence-corrected chi connectivity index (χ4v) is 8.10. The lowest BCUT2D eigenvalue weighted by Gasteiger charge is -2.31. The average Bonchev–Trinajstić information content (AvgIpc) is 3.81. The lowest BCUT2D eigenvalue weighted by atomic mass is 10.1. The summed E-state index contributed by atoms with van der Waals surface area (Å²) < 4.78 is 29.0. The van der Waals surface area contributed by atoms with Gasteiger partial charge in [-0.05, 0) is 83.1 Å².